The van der Waals surface area contributed by atoms with Gasteiger partial charge >= 0.3 is 0 Å². The molecule has 0 spiro atoms. The predicted octanol–water partition coefficient (Wildman–Crippen LogP) is 2.46. The summed E-state index contributed by atoms with van der Waals surface area (Å²) in [5, 5.41) is 13.8. The van der Waals surface area contributed by atoms with Gasteiger partial charge in [0.1, 0.15) is 5.82 Å². The van der Waals surface area contributed by atoms with Crippen LogP contribution in [-0.4, -0.2) is 25.9 Å². The van der Waals surface area contributed by atoms with E-state index in [0.717, 1.165) is 16.9 Å². The zero-order chi connectivity index (χ0) is 14.8. The van der Waals surface area contributed by atoms with Gasteiger partial charge in [0, 0.05) is 11.8 Å². The number of hydrogen-bond donors (Lipinski definition) is 2. The molecule has 0 radical (unpaired) electrons. The molecule has 6 nitrogen and oxygen atoms in total. The molecule has 1 aromatic carbocycles. The van der Waals surface area contributed by atoms with Gasteiger partial charge in [-0.25, -0.2) is 4.68 Å². The Balaban J connectivity index is 1.90. The molecule has 0 unspecified atom stereocenters. The van der Waals surface area contributed by atoms with Gasteiger partial charge in [0.05, 0.1) is 11.9 Å². The lowest BCUT2D eigenvalue weighted by molar-refractivity contribution is 0.102. The van der Waals surface area contributed by atoms with Crippen molar-refractivity contribution in [3.05, 3.63) is 59.5 Å². The lowest BCUT2D eigenvalue weighted by atomic mass is 10.2. The summed E-state index contributed by atoms with van der Waals surface area (Å²) in [4.78, 5) is 12.2. The van der Waals surface area contributed by atoms with Crippen LogP contribution in [0.5, 0.6) is 0 Å². The van der Waals surface area contributed by atoms with Crippen LogP contribution in [0.3, 0.4) is 0 Å². The van der Waals surface area contributed by atoms with Crippen LogP contribution in [-0.2, 0) is 0 Å². The first-order valence-electron chi connectivity index (χ1n) is 6.58. The van der Waals surface area contributed by atoms with Crippen molar-refractivity contribution in [1.82, 2.24) is 20.0 Å². The number of aryl methyl sites for hydroxylation is 2. The molecule has 106 valence electrons. The first-order valence-corrected chi connectivity index (χ1v) is 6.58. The number of aromatic amines is 1. The van der Waals surface area contributed by atoms with Crippen molar-refractivity contribution in [2.24, 2.45) is 0 Å². The molecule has 3 aromatic rings. The summed E-state index contributed by atoms with van der Waals surface area (Å²) >= 11 is 0. The first kappa shape index (κ1) is 13.1. The van der Waals surface area contributed by atoms with Gasteiger partial charge < -0.3 is 5.32 Å². The SMILES string of the molecule is Cc1cc(C(=O)Nc2ccnn2-c2ccccc2C)n[nH]1. The smallest absolute Gasteiger partial charge is 0.277 e. The Labute approximate surface area is 121 Å². The highest BCUT2D eigenvalue weighted by atomic mass is 16.2. The van der Waals surface area contributed by atoms with Crippen LogP contribution in [0.4, 0.5) is 5.82 Å². The normalized spacial score (nSPS) is 10.6. The van der Waals surface area contributed by atoms with E-state index in [4.69, 9.17) is 0 Å². The molecule has 0 atom stereocenters. The van der Waals surface area contributed by atoms with Crippen molar-refractivity contribution in [2.75, 3.05) is 5.32 Å². The number of amides is 1. The Morgan fingerprint density at radius 3 is 2.76 bits per heavy atom. The van der Waals surface area contributed by atoms with Crippen LogP contribution in [0.1, 0.15) is 21.7 Å². The summed E-state index contributed by atoms with van der Waals surface area (Å²) < 4.78 is 1.70. The van der Waals surface area contributed by atoms with Gasteiger partial charge in [-0.05, 0) is 31.5 Å². The molecule has 2 heterocycles. The van der Waals surface area contributed by atoms with Crippen molar-refractivity contribution < 1.29 is 4.79 Å². The second-order valence-electron chi connectivity index (χ2n) is 4.81. The molecule has 2 aromatic heterocycles. The van der Waals surface area contributed by atoms with Gasteiger partial charge in [-0.1, -0.05) is 18.2 Å². The topological polar surface area (TPSA) is 75.6 Å². The van der Waals surface area contributed by atoms with E-state index in [1.54, 1.807) is 23.0 Å². The van der Waals surface area contributed by atoms with Crippen LogP contribution >= 0.6 is 0 Å². The minimum atomic E-state index is -0.269. The van der Waals surface area contributed by atoms with E-state index >= 15 is 0 Å². The fourth-order valence-corrected chi connectivity index (χ4v) is 2.11. The van der Waals surface area contributed by atoms with E-state index in [0.29, 0.717) is 11.5 Å². The third kappa shape index (κ3) is 2.55. The van der Waals surface area contributed by atoms with Crippen LogP contribution in [0.25, 0.3) is 5.69 Å². The van der Waals surface area contributed by atoms with Crippen LogP contribution in [0.15, 0.2) is 42.6 Å². The number of carbonyl (C=O) groups excluding carboxylic acids is 1. The van der Waals surface area contributed by atoms with Crippen molar-refractivity contribution in [1.29, 1.82) is 0 Å². The van der Waals surface area contributed by atoms with Crippen molar-refractivity contribution in [3.8, 4) is 5.69 Å². The second-order valence-corrected chi connectivity index (χ2v) is 4.81. The highest BCUT2D eigenvalue weighted by molar-refractivity contribution is 6.02. The van der Waals surface area contributed by atoms with Gasteiger partial charge in [0.15, 0.2) is 5.69 Å². The number of carbonyl (C=O) groups is 1. The van der Waals surface area contributed by atoms with Gasteiger partial charge in [-0.15, -0.1) is 0 Å². The van der Waals surface area contributed by atoms with E-state index in [1.807, 2.05) is 38.1 Å². The summed E-state index contributed by atoms with van der Waals surface area (Å²) in [6.07, 6.45) is 1.65. The lowest BCUT2D eigenvalue weighted by Crippen LogP contribution is -2.15. The molecule has 0 saturated heterocycles. The Kier molecular flexibility index (Phi) is 3.27. The number of para-hydroxylation sites is 1. The number of nitrogens with one attached hydrogen (secondary N) is 2. The molecule has 3 rings (SSSR count). The summed E-state index contributed by atoms with van der Waals surface area (Å²) in [5.74, 6) is 0.338. The fourth-order valence-electron chi connectivity index (χ4n) is 2.11. The molecule has 0 fully saturated rings. The minimum Gasteiger partial charge on any atom is -0.305 e. The molecule has 21 heavy (non-hydrogen) atoms. The molecule has 2 N–H and O–H groups in total. The van der Waals surface area contributed by atoms with Crippen LogP contribution < -0.4 is 5.32 Å². The molecule has 6 heteroatoms. The molecule has 0 bridgehead atoms. The number of H-pyrrole nitrogens is 1. The summed E-state index contributed by atoms with van der Waals surface area (Å²) in [6, 6.07) is 11.3. The Morgan fingerprint density at radius 1 is 1.24 bits per heavy atom. The third-order valence-corrected chi connectivity index (χ3v) is 3.17. The van der Waals surface area contributed by atoms with Crippen molar-refractivity contribution in [2.45, 2.75) is 13.8 Å². The summed E-state index contributed by atoms with van der Waals surface area (Å²) in [5.41, 5.74) is 3.20. The van der Waals surface area contributed by atoms with Gasteiger partial charge in [0.25, 0.3) is 5.91 Å². The zero-order valence-electron chi connectivity index (χ0n) is 11.8. The highest BCUT2D eigenvalue weighted by Gasteiger charge is 2.13. The molecule has 0 aliphatic carbocycles. The first-order chi connectivity index (χ1) is 10.1. The second kappa shape index (κ2) is 5.24. The number of aromatic nitrogens is 4. The maximum absolute atomic E-state index is 12.2. The van der Waals surface area contributed by atoms with Crippen molar-refractivity contribution >= 4 is 11.7 Å². The zero-order valence-corrected chi connectivity index (χ0v) is 11.8. The number of rotatable bonds is 3. The average molecular weight is 281 g/mol. The largest absolute Gasteiger partial charge is 0.305 e. The highest BCUT2D eigenvalue weighted by Crippen LogP contribution is 2.18. The summed E-state index contributed by atoms with van der Waals surface area (Å²) in [6.45, 7) is 3.85. The van der Waals surface area contributed by atoms with Gasteiger partial charge in [-0.3, -0.25) is 9.89 Å². The van der Waals surface area contributed by atoms with E-state index in [-0.39, 0.29) is 5.91 Å². The lowest BCUT2D eigenvalue weighted by Gasteiger charge is -2.10. The molecule has 0 aliphatic rings. The van der Waals surface area contributed by atoms with Crippen LogP contribution in [0, 0.1) is 13.8 Å². The van der Waals surface area contributed by atoms with Crippen LogP contribution in [0.2, 0.25) is 0 Å². The molecule has 1 amide bonds. The third-order valence-electron chi connectivity index (χ3n) is 3.17. The number of hydrogen-bond acceptors (Lipinski definition) is 3. The maximum Gasteiger partial charge on any atom is 0.277 e. The Hall–Kier alpha value is -2.89. The van der Waals surface area contributed by atoms with E-state index in [9.17, 15) is 4.79 Å². The molecule has 0 saturated carbocycles. The summed E-state index contributed by atoms with van der Waals surface area (Å²) in [7, 11) is 0. The van der Waals surface area contributed by atoms with E-state index in [1.165, 1.54) is 0 Å². The number of benzene rings is 1. The van der Waals surface area contributed by atoms with Gasteiger partial charge in [-0.2, -0.15) is 10.2 Å². The monoisotopic (exact) mass is 281 g/mol. The van der Waals surface area contributed by atoms with E-state index in [2.05, 4.69) is 20.6 Å². The molecule has 0 aliphatic heterocycles. The molecular formula is C15H15N5O. The fraction of sp³-hybridized carbons (Fsp3) is 0.133. The maximum atomic E-state index is 12.2. The quantitative estimate of drug-likeness (QED) is 0.774. The van der Waals surface area contributed by atoms with Crippen molar-refractivity contribution in [3.63, 3.8) is 0 Å². The average Bonchev–Trinajstić information content (AvgIpc) is 3.08. The number of anilines is 1. The predicted molar refractivity (Wildman–Crippen MR) is 79.6 cm³/mol. The van der Waals surface area contributed by atoms with E-state index < -0.39 is 0 Å². The van der Waals surface area contributed by atoms with Gasteiger partial charge in [0.2, 0.25) is 0 Å². The standard InChI is InChI=1S/C15H15N5O/c1-10-5-3-4-6-13(10)20-14(7-8-16-20)17-15(21)12-9-11(2)18-19-12/h3-9H,1-2H3,(H,17,21)(H,18,19). The molecular weight excluding hydrogens is 266 g/mol. The Morgan fingerprint density at radius 2 is 2.05 bits per heavy atom. The number of nitrogens with zero attached hydrogens (tertiary/aromatic N) is 3. The minimum absolute atomic E-state index is 0.269. The Bertz CT molecular complexity index is 787.